The van der Waals surface area contributed by atoms with E-state index in [0.717, 1.165) is 33.1 Å². The van der Waals surface area contributed by atoms with Gasteiger partial charge >= 0.3 is 6.03 Å². The number of methoxy groups -OCH3 is 1. The van der Waals surface area contributed by atoms with Crippen LogP contribution >= 0.6 is 0 Å². The minimum atomic E-state index is -0.237. The summed E-state index contributed by atoms with van der Waals surface area (Å²) in [4.78, 5) is 23.0. The monoisotopic (exact) mass is 358 g/mol. The Kier molecular flexibility index (Phi) is 4.30. The van der Waals surface area contributed by atoms with E-state index < -0.39 is 0 Å². The zero-order chi connectivity index (χ0) is 18.8. The van der Waals surface area contributed by atoms with Crippen LogP contribution in [0.25, 0.3) is 21.7 Å². The summed E-state index contributed by atoms with van der Waals surface area (Å²) in [6, 6.07) is 14.7. The molecule has 1 N–H and O–H groups in total. The topological polar surface area (TPSA) is 67.3 Å². The number of ether oxygens (including phenoxy) is 1. The number of aromatic nitrogens is 2. The fourth-order valence-corrected chi connectivity index (χ4v) is 3.03. The molecular weight excluding hydrogens is 340 g/mol. The Morgan fingerprint density at radius 2 is 1.89 bits per heavy atom. The van der Waals surface area contributed by atoms with Crippen LogP contribution in [0.4, 0.5) is 16.2 Å². The molecule has 0 saturated heterocycles. The van der Waals surface area contributed by atoms with Gasteiger partial charge in [0.05, 0.1) is 18.3 Å². The first-order valence-electron chi connectivity index (χ1n) is 8.47. The average Bonchev–Trinajstić information content (AvgIpc) is 2.73. The lowest BCUT2D eigenvalue weighted by Crippen LogP contribution is -2.31. The van der Waals surface area contributed by atoms with Crippen LogP contribution in [0, 0.1) is 0 Å². The number of benzene rings is 2. The highest BCUT2D eigenvalue weighted by Gasteiger charge is 2.14. The summed E-state index contributed by atoms with van der Waals surface area (Å²) >= 11 is 0. The van der Waals surface area contributed by atoms with Gasteiger partial charge < -0.3 is 10.1 Å². The molecule has 2 amide bonds. The van der Waals surface area contributed by atoms with E-state index in [4.69, 9.17) is 4.74 Å². The summed E-state index contributed by atoms with van der Waals surface area (Å²) in [6.07, 6.45) is 5.26. The predicted molar refractivity (Wildman–Crippen MR) is 107 cm³/mol. The van der Waals surface area contributed by atoms with Crippen molar-refractivity contribution in [2.24, 2.45) is 0 Å². The molecule has 134 valence electrons. The van der Waals surface area contributed by atoms with E-state index in [-0.39, 0.29) is 6.03 Å². The molecule has 2 aromatic heterocycles. The van der Waals surface area contributed by atoms with Crippen molar-refractivity contribution in [2.75, 3.05) is 24.4 Å². The van der Waals surface area contributed by atoms with Gasteiger partial charge in [-0.15, -0.1) is 0 Å². The molecule has 0 atom stereocenters. The molecule has 4 rings (SSSR count). The van der Waals surface area contributed by atoms with Gasteiger partial charge in [0.2, 0.25) is 0 Å². The Labute approximate surface area is 156 Å². The molecule has 0 aliphatic carbocycles. The van der Waals surface area contributed by atoms with Crippen molar-refractivity contribution in [2.45, 2.75) is 0 Å². The zero-order valence-electron chi connectivity index (χ0n) is 15.0. The van der Waals surface area contributed by atoms with E-state index in [0.29, 0.717) is 5.69 Å². The van der Waals surface area contributed by atoms with E-state index in [9.17, 15) is 4.79 Å². The lowest BCUT2D eigenvalue weighted by atomic mass is 10.1. The maximum absolute atomic E-state index is 12.8. The highest BCUT2D eigenvalue weighted by molar-refractivity contribution is 6.14. The maximum atomic E-state index is 12.8. The summed E-state index contributed by atoms with van der Waals surface area (Å²) in [5.41, 5.74) is 2.29. The van der Waals surface area contributed by atoms with E-state index >= 15 is 0 Å². The van der Waals surface area contributed by atoms with Crippen molar-refractivity contribution in [3.63, 3.8) is 0 Å². The molecule has 6 heteroatoms. The van der Waals surface area contributed by atoms with Gasteiger partial charge in [0.15, 0.2) is 0 Å². The molecule has 0 spiro atoms. The number of amides is 2. The summed E-state index contributed by atoms with van der Waals surface area (Å²) < 4.78 is 5.16. The number of pyridine rings is 2. The van der Waals surface area contributed by atoms with Gasteiger partial charge in [-0.3, -0.25) is 14.9 Å². The van der Waals surface area contributed by atoms with Crippen LogP contribution in [-0.2, 0) is 0 Å². The van der Waals surface area contributed by atoms with E-state index in [1.807, 2.05) is 48.5 Å². The van der Waals surface area contributed by atoms with Crippen LogP contribution in [-0.4, -0.2) is 30.2 Å². The van der Waals surface area contributed by atoms with E-state index in [1.54, 1.807) is 37.6 Å². The number of hydrogen-bond donors (Lipinski definition) is 1. The first-order chi connectivity index (χ1) is 13.2. The van der Waals surface area contributed by atoms with Crippen molar-refractivity contribution in [1.29, 1.82) is 0 Å². The molecule has 0 unspecified atom stereocenters. The molecule has 2 aromatic carbocycles. The standard InChI is InChI=1S/C21H18N4O2/c1-25(15-5-7-16(27-2)8-6-15)21(26)24-19-12-14-9-11-22-13-18(14)20-17(19)4-3-10-23-20/h3-13H,1-2H3,(H,24,26). The van der Waals surface area contributed by atoms with Crippen LogP contribution in [0.2, 0.25) is 0 Å². The largest absolute Gasteiger partial charge is 0.497 e. The third-order valence-electron chi connectivity index (χ3n) is 4.51. The van der Waals surface area contributed by atoms with Gasteiger partial charge in [0.1, 0.15) is 5.75 Å². The predicted octanol–water partition coefficient (Wildman–Crippen LogP) is 4.46. The lowest BCUT2D eigenvalue weighted by molar-refractivity contribution is 0.258. The Bertz CT molecular complexity index is 1130. The van der Waals surface area contributed by atoms with Crippen molar-refractivity contribution in [1.82, 2.24) is 9.97 Å². The van der Waals surface area contributed by atoms with Crippen LogP contribution in [0.15, 0.2) is 67.1 Å². The van der Waals surface area contributed by atoms with E-state index in [1.165, 1.54) is 0 Å². The molecule has 0 saturated carbocycles. The molecule has 0 radical (unpaired) electrons. The number of fused-ring (bicyclic) bond motifs is 3. The molecule has 6 nitrogen and oxygen atoms in total. The number of nitrogens with zero attached hydrogens (tertiary/aromatic N) is 3. The third-order valence-corrected chi connectivity index (χ3v) is 4.51. The SMILES string of the molecule is COc1ccc(N(C)C(=O)Nc2cc3ccncc3c3ncccc23)cc1. The zero-order valence-corrected chi connectivity index (χ0v) is 15.0. The van der Waals surface area contributed by atoms with Crippen LogP contribution in [0.1, 0.15) is 0 Å². The second-order valence-electron chi connectivity index (χ2n) is 6.11. The summed E-state index contributed by atoms with van der Waals surface area (Å²) in [7, 11) is 3.34. The van der Waals surface area contributed by atoms with Gasteiger partial charge in [0.25, 0.3) is 0 Å². The first kappa shape index (κ1) is 16.8. The Balaban J connectivity index is 1.70. The number of nitrogens with one attached hydrogen (secondary N) is 1. The van der Waals surface area contributed by atoms with Gasteiger partial charge in [-0.2, -0.15) is 0 Å². The van der Waals surface area contributed by atoms with Gasteiger partial charge in [0, 0.05) is 42.1 Å². The van der Waals surface area contributed by atoms with Gasteiger partial charge in [-0.1, -0.05) is 0 Å². The van der Waals surface area contributed by atoms with Crippen molar-refractivity contribution in [3.8, 4) is 5.75 Å². The second kappa shape index (κ2) is 6.92. The highest BCUT2D eigenvalue weighted by Crippen LogP contribution is 2.30. The average molecular weight is 358 g/mol. The van der Waals surface area contributed by atoms with Crippen LogP contribution < -0.4 is 15.0 Å². The molecular formula is C21H18N4O2. The third kappa shape index (κ3) is 3.13. The number of rotatable bonds is 3. The normalized spacial score (nSPS) is 10.7. The second-order valence-corrected chi connectivity index (χ2v) is 6.11. The molecule has 0 bridgehead atoms. The Hall–Kier alpha value is -3.67. The number of carbonyl (C=O) groups excluding carboxylic acids is 1. The minimum absolute atomic E-state index is 0.237. The fraction of sp³-hybridized carbons (Fsp3) is 0.0952. The Morgan fingerprint density at radius 1 is 1.07 bits per heavy atom. The molecule has 0 aliphatic rings. The van der Waals surface area contributed by atoms with Crippen molar-refractivity contribution < 1.29 is 9.53 Å². The summed E-state index contributed by atoms with van der Waals surface area (Å²) in [5.74, 6) is 0.743. The van der Waals surface area contributed by atoms with Crippen LogP contribution in [0.5, 0.6) is 5.75 Å². The van der Waals surface area contributed by atoms with Gasteiger partial charge in [-0.25, -0.2) is 4.79 Å². The maximum Gasteiger partial charge on any atom is 0.326 e. The number of anilines is 2. The molecule has 27 heavy (non-hydrogen) atoms. The summed E-state index contributed by atoms with van der Waals surface area (Å²) in [5, 5.41) is 5.79. The lowest BCUT2D eigenvalue weighted by Gasteiger charge is -2.19. The fourth-order valence-electron chi connectivity index (χ4n) is 3.03. The number of hydrogen-bond acceptors (Lipinski definition) is 4. The quantitative estimate of drug-likeness (QED) is 0.549. The molecule has 2 heterocycles. The first-order valence-corrected chi connectivity index (χ1v) is 8.47. The summed E-state index contributed by atoms with van der Waals surface area (Å²) in [6.45, 7) is 0. The molecule has 0 aliphatic heterocycles. The Morgan fingerprint density at radius 3 is 2.67 bits per heavy atom. The van der Waals surface area contributed by atoms with Crippen molar-refractivity contribution in [3.05, 3.63) is 67.1 Å². The van der Waals surface area contributed by atoms with E-state index in [2.05, 4.69) is 15.3 Å². The number of urea groups is 1. The van der Waals surface area contributed by atoms with Gasteiger partial charge in [-0.05, 0) is 53.9 Å². The molecule has 0 fully saturated rings. The highest BCUT2D eigenvalue weighted by atomic mass is 16.5. The smallest absolute Gasteiger partial charge is 0.326 e. The number of carbonyl (C=O) groups is 1. The van der Waals surface area contributed by atoms with Crippen molar-refractivity contribution >= 4 is 39.1 Å². The minimum Gasteiger partial charge on any atom is -0.497 e. The molecule has 4 aromatic rings. The van der Waals surface area contributed by atoms with Crippen LogP contribution in [0.3, 0.4) is 0 Å².